The van der Waals surface area contributed by atoms with Gasteiger partial charge in [-0.15, -0.1) is 11.3 Å². The van der Waals surface area contributed by atoms with Crippen LogP contribution in [-0.2, 0) is 0 Å². The van der Waals surface area contributed by atoms with Gasteiger partial charge in [0.05, 0.1) is 11.1 Å². The fourth-order valence-electron chi connectivity index (χ4n) is 3.96. The molecule has 1 aliphatic heterocycles. The second-order valence-electron chi connectivity index (χ2n) is 7.68. The summed E-state index contributed by atoms with van der Waals surface area (Å²) in [7, 11) is 0. The number of likely N-dealkylation sites (tertiary alicyclic amines) is 1. The second kappa shape index (κ2) is 8.75. The Morgan fingerprint density at radius 3 is 2.62 bits per heavy atom. The predicted molar refractivity (Wildman–Crippen MR) is 112 cm³/mol. The van der Waals surface area contributed by atoms with Crippen molar-refractivity contribution >= 4 is 23.2 Å². The van der Waals surface area contributed by atoms with Gasteiger partial charge in [-0.3, -0.25) is 14.6 Å². The van der Waals surface area contributed by atoms with Crippen LogP contribution in [-0.4, -0.2) is 45.3 Å². The van der Waals surface area contributed by atoms with E-state index in [0.29, 0.717) is 16.8 Å². The molecule has 2 fully saturated rings. The van der Waals surface area contributed by atoms with E-state index in [1.807, 2.05) is 4.90 Å². The van der Waals surface area contributed by atoms with Gasteiger partial charge in [-0.25, -0.2) is 4.98 Å². The lowest BCUT2D eigenvalue weighted by Gasteiger charge is -2.33. The zero-order chi connectivity index (χ0) is 20.1. The maximum atomic E-state index is 12.6. The van der Waals surface area contributed by atoms with Crippen molar-refractivity contribution in [2.45, 2.75) is 50.5 Å². The molecule has 0 bridgehead atoms. The molecule has 0 radical (unpaired) electrons. The molecule has 7 heteroatoms. The first kappa shape index (κ1) is 19.6. The van der Waals surface area contributed by atoms with Crippen molar-refractivity contribution in [3.05, 3.63) is 46.2 Å². The van der Waals surface area contributed by atoms with Crippen LogP contribution in [0.5, 0.6) is 0 Å². The van der Waals surface area contributed by atoms with Crippen LogP contribution in [0, 0.1) is 11.8 Å². The average molecular weight is 409 g/mol. The molecule has 0 unspecified atom stereocenters. The summed E-state index contributed by atoms with van der Waals surface area (Å²) >= 11 is 1.40. The number of pyridine rings is 1. The molecule has 2 aliphatic rings. The fourth-order valence-corrected chi connectivity index (χ4v) is 4.49. The van der Waals surface area contributed by atoms with E-state index in [2.05, 4.69) is 27.1 Å². The van der Waals surface area contributed by atoms with Crippen LogP contribution in [0.2, 0.25) is 0 Å². The van der Waals surface area contributed by atoms with E-state index in [9.17, 15) is 9.59 Å². The van der Waals surface area contributed by atoms with Gasteiger partial charge in [-0.05, 0) is 31.7 Å². The molecule has 29 heavy (non-hydrogen) atoms. The lowest BCUT2D eigenvalue weighted by molar-refractivity contribution is 0.0792. The number of rotatable bonds is 3. The number of carbonyl (C=O) groups excluding carboxylic acids is 2. The summed E-state index contributed by atoms with van der Waals surface area (Å²) < 4.78 is 0. The number of thiazole rings is 1. The van der Waals surface area contributed by atoms with Crippen LogP contribution in [0.4, 0.5) is 0 Å². The highest BCUT2D eigenvalue weighted by molar-refractivity contribution is 7.07. The highest BCUT2D eigenvalue weighted by Gasteiger charge is 2.32. The van der Waals surface area contributed by atoms with Gasteiger partial charge in [0.1, 0.15) is 11.2 Å². The van der Waals surface area contributed by atoms with Gasteiger partial charge in [0.2, 0.25) is 0 Å². The monoisotopic (exact) mass is 408 g/mol. The first-order chi connectivity index (χ1) is 14.2. The van der Waals surface area contributed by atoms with E-state index < -0.39 is 5.54 Å². The normalized spacial score (nSPS) is 18.0. The molecular weight excluding hydrogens is 384 g/mol. The fraction of sp³-hybridized carbons (Fsp3) is 0.455. The Bertz CT molecular complexity index is 933. The van der Waals surface area contributed by atoms with E-state index >= 15 is 0 Å². The number of nitrogens with one attached hydrogen (secondary N) is 1. The minimum absolute atomic E-state index is 0.0165. The van der Waals surface area contributed by atoms with Gasteiger partial charge in [0.25, 0.3) is 11.8 Å². The second-order valence-corrected chi connectivity index (χ2v) is 8.40. The summed E-state index contributed by atoms with van der Waals surface area (Å²) in [6.07, 6.45) is 10.2. The molecule has 2 amide bonds. The van der Waals surface area contributed by atoms with Gasteiger partial charge < -0.3 is 10.2 Å². The van der Waals surface area contributed by atoms with Crippen molar-refractivity contribution in [2.24, 2.45) is 0 Å². The highest BCUT2D eigenvalue weighted by Crippen LogP contribution is 2.28. The van der Waals surface area contributed by atoms with E-state index in [1.54, 1.807) is 29.4 Å². The molecule has 1 aliphatic carbocycles. The molecule has 3 heterocycles. The smallest absolute Gasteiger partial charge is 0.271 e. The Balaban J connectivity index is 1.55. The predicted octanol–water partition coefficient (Wildman–Crippen LogP) is 3.26. The largest absolute Gasteiger partial charge is 0.339 e. The van der Waals surface area contributed by atoms with Gasteiger partial charge >= 0.3 is 0 Å². The standard InChI is InChI=1S/C22H24N4O2S/c27-20(19-15-29-16-24-19)25-22(7-2-1-3-8-22)9-6-17-12-18(14-23-13-17)21(28)26-10-4-5-11-26/h12-16H,1-5,7-8,10-11H2,(H,25,27). The number of hydrogen-bond donors (Lipinski definition) is 1. The number of hydrogen-bond acceptors (Lipinski definition) is 5. The van der Waals surface area contributed by atoms with E-state index in [0.717, 1.165) is 58.0 Å². The molecule has 4 rings (SSSR count). The summed E-state index contributed by atoms with van der Waals surface area (Å²) in [6.45, 7) is 1.61. The van der Waals surface area contributed by atoms with E-state index in [-0.39, 0.29) is 11.8 Å². The lowest BCUT2D eigenvalue weighted by atomic mass is 9.82. The topological polar surface area (TPSA) is 75.2 Å². The zero-order valence-corrected chi connectivity index (χ0v) is 17.1. The quantitative estimate of drug-likeness (QED) is 0.791. The molecule has 2 aromatic rings. The summed E-state index contributed by atoms with van der Waals surface area (Å²) in [5, 5.41) is 4.87. The molecule has 150 valence electrons. The van der Waals surface area contributed by atoms with Gasteiger partial charge in [-0.2, -0.15) is 0 Å². The van der Waals surface area contributed by atoms with Crippen LogP contribution >= 0.6 is 11.3 Å². The Morgan fingerprint density at radius 2 is 1.90 bits per heavy atom. The molecule has 6 nitrogen and oxygen atoms in total. The summed E-state index contributed by atoms with van der Waals surface area (Å²) in [5.74, 6) is 6.32. The highest BCUT2D eigenvalue weighted by atomic mass is 32.1. The molecular formula is C22H24N4O2S. The van der Waals surface area contributed by atoms with Crippen molar-refractivity contribution < 1.29 is 9.59 Å². The first-order valence-electron chi connectivity index (χ1n) is 10.1. The Kier molecular flexibility index (Phi) is 5.91. The molecule has 0 spiro atoms. The zero-order valence-electron chi connectivity index (χ0n) is 16.3. The van der Waals surface area contributed by atoms with Gasteiger partial charge in [-0.1, -0.05) is 31.1 Å². The van der Waals surface area contributed by atoms with Crippen LogP contribution in [0.1, 0.15) is 71.4 Å². The summed E-state index contributed by atoms with van der Waals surface area (Å²) in [6, 6.07) is 1.80. The molecule has 1 saturated heterocycles. The van der Waals surface area contributed by atoms with Gasteiger partial charge in [0.15, 0.2) is 0 Å². The first-order valence-corrected chi connectivity index (χ1v) is 11.1. The molecule has 2 aromatic heterocycles. The number of aromatic nitrogens is 2. The maximum absolute atomic E-state index is 12.6. The Hall–Kier alpha value is -2.72. The van der Waals surface area contributed by atoms with Gasteiger partial charge in [0, 0.05) is 36.4 Å². The Morgan fingerprint density at radius 1 is 1.10 bits per heavy atom. The minimum atomic E-state index is -0.562. The van der Waals surface area contributed by atoms with E-state index in [1.165, 1.54) is 11.3 Å². The summed E-state index contributed by atoms with van der Waals surface area (Å²) in [4.78, 5) is 35.4. The third-order valence-electron chi connectivity index (χ3n) is 5.55. The number of carbonyl (C=O) groups is 2. The van der Waals surface area contributed by atoms with Crippen molar-refractivity contribution in [1.82, 2.24) is 20.2 Å². The molecule has 1 saturated carbocycles. The molecule has 1 N–H and O–H groups in total. The molecule has 0 aromatic carbocycles. The number of nitrogens with zero attached hydrogens (tertiary/aromatic N) is 3. The van der Waals surface area contributed by atoms with E-state index in [4.69, 9.17) is 0 Å². The van der Waals surface area contributed by atoms with Crippen LogP contribution in [0.25, 0.3) is 0 Å². The molecule has 0 atom stereocenters. The van der Waals surface area contributed by atoms with Crippen LogP contribution in [0.15, 0.2) is 29.4 Å². The van der Waals surface area contributed by atoms with Crippen LogP contribution in [0.3, 0.4) is 0 Å². The SMILES string of the molecule is O=C(NC1(C#Cc2cncc(C(=O)N3CCCC3)c2)CCCCC1)c1cscn1. The van der Waals surface area contributed by atoms with Crippen molar-refractivity contribution in [3.8, 4) is 11.8 Å². The van der Waals surface area contributed by atoms with Crippen molar-refractivity contribution in [2.75, 3.05) is 13.1 Å². The lowest BCUT2D eigenvalue weighted by Crippen LogP contribution is -2.48. The van der Waals surface area contributed by atoms with Crippen molar-refractivity contribution in [3.63, 3.8) is 0 Å². The maximum Gasteiger partial charge on any atom is 0.271 e. The van der Waals surface area contributed by atoms with Crippen LogP contribution < -0.4 is 5.32 Å². The third kappa shape index (κ3) is 4.65. The average Bonchev–Trinajstić information content (AvgIpc) is 3.47. The summed E-state index contributed by atoms with van der Waals surface area (Å²) in [5.41, 5.74) is 2.80. The minimum Gasteiger partial charge on any atom is -0.339 e. The third-order valence-corrected chi connectivity index (χ3v) is 6.14. The Labute approximate surface area is 174 Å². The van der Waals surface area contributed by atoms with Crippen molar-refractivity contribution in [1.29, 1.82) is 0 Å². The number of amides is 2.